The molecule has 1 nitrogen and oxygen atoms in total. The van der Waals surface area contributed by atoms with Gasteiger partial charge in [-0.15, -0.1) is 0 Å². The molecule has 1 radical (unpaired) electrons. The molecule has 2 heterocycles. The quantitative estimate of drug-likeness (QED) is 0.493. The minimum absolute atomic E-state index is 0.826. The summed E-state index contributed by atoms with van der Waals surface area (Å²) in [6, 6.07) is 1.72. The van der Waals surface area contributed by atoms with Crippen LogP contribution in [0.3, 0.4) is 0 Å². The minimum Gasteiger partial charge on any atom is -0.300 e. The third-order valence-corrected chi connectivity index (χ3v) is 3.07. The summed E-state index contributed by atoms with van der Waals surface area (Å²) < 4.78 is 0. The van der Waals surface area contributed by atoms with Gasteiger partial charge in [-0.1, -0.05) is 12.8 Å². The van der Waals surface area contributed by atoms with E-state index >= 15 is 0 Å². The monoisotopic (exact) mass is 138 g/mol. The Hall–Kier alpha value is -0.0400. The van der Waals surface area contributed by atoms with Crippen LogP contribution in [0.25, 0.3) is 0 Å². The average Bonchev–Trinajstić information content (AvgIpc) is 2.06. The van der Waals surface area contributed by atoms with Gasteiger partial charge >= 0.3 is 0 Å². The van der Waals surface area contributed by atoms with Gasteiger partial charge in [-0.05, 0) is 32.7 Å². The van der Waals surface area contributed by atoms with Crippen molar-refractivity contribution in [1.29, 1.82) is 0 Å². The van der Waals surface area contributed by atoms with Crippen LogP contribution in [-0.2, 0) is 0 Å². The summed E-state index contributed by atoms with van der Waals surface area (Å²) in [7, 11) is 2.28. The Morgan fingerprint density at radius 3 is 3.00 bits per heavy atom. The van der Waals surface area contributed by atoms with Gasteiger partial charge in [-0.3, -0.25) is 0 Å². The largest absolute Gasteiger partial charge is 0.300 e. The molecular formula is C9H16N. The molecule has 0 aromatic carbocycles. The molecule has 2 bridgehead atoms. The van der Waals surface area contributed by atoms with Gasteiger partial charge in [-0.25, -0.2) is 0 Å². The molecule has 2 rings (SSSR count). The van der Waals surface area contributed by atoms with E-state index in [1.807, 2.05) is 0 Å². The standard InChI is InChI=1S/C9H16N/c1-10-8-4-2-3-5-9(10)7-6-8/h6,8-9H,2-5,7H2,1H3. The predicted molar refractivity (Wildman–Crippen MR) is 42.7 cm³/mol. The summed E-state index contributed by atoms with van der Waals surface area (Å²) in [5.74, 6) is 0. The highest BCUT2D eigenvalue weighted by atomic mass is 15.2. The van der Waals surface area contributed by atoms with Gasteiger partial charge in [0.2, 0.25) is 0 Å². The maximum absolute atomic E-state index is 2.56. The Bertz CT molecular complexity index is 108. The number of fused-ring (bicyclic) bond motifs is 2. The highest BCUT2D eigenvalue weighted by Crippen LogP contribution is 2.31. The summed E-state index contributed by atoms with van der Waals surface area (Å²) in [5.41, 5.74) is 0. The first-order valence-corrected chi connectivity index (χ1v) is 4.43. The van der Waals surface area contributed by atoms with Gasteiger partial charge in [0.05, 0.1) is 0 Å². The predicted octanol–water partition coefficient (Wildman–Crippen LogP) is 1.84. The third-order valence-electron chi connectivity index (χ3n) is 3.07. The molecule has 2 fully saturated rings. The van der Waals surface area contributed by atoms with Crippen LogP contribution in [0.4, 0.5) is 0 Å². The van der Waals surface area contributed by atoms with E-state index in [-0.39, 0.29) is 0 Å². The van der Waals surface area contributed by atoms with Crippen molar-refractivity contribution in [2.75, 3.05) is 7.05 Å². The Morgan fingerprint density at radius 2 is 2.10 bits per heavy atom. The normalized spacial score (nSPS) is 41.7. The van der Waals surface area contributed by atoms with Crippen molar-refractivity contribution in [3.63, 3.8) is 0 Å². The zero-order valence-electron chi connectivity index (χ0n) is 6.71. The molecule has 2 aliphatic heterocycles. The smallest absolute Gasteiger partial charge is 0.0127 e. The van der Waals surface area contributed by atoms with E-state index in [1.165, 1.54) is 32.1 Å². The third kappa shape index (κ3) is 0.968. The van der Waals surface area contributed by atoms with Gasteiger partial charge in [0.25, 0.3) is 0 Å². The van der Waals surface area contributed by atoms with Gasteiger partial charge in [0.1, 0.15) is 0 Å². The highest BCUT2D eigenvalue weighted by molar-refractivity contribution is 4.98. The lowest BCUT2D eigenvalue weighted by Crippen LogP contribution is -2.30. The van der Waals surface area contributed by atoms with Gasteiger partial charge in [0.15, 0.2) is 0 Å². The first-order chi connectivity index (χ1) is 4.88. The van der Waals surface area contributed by atoms with E-state index in [0.29, 0.717) is 0 Å². The van der Waals surface area contributed by atoms with Crippen LogP contribution in [0.15, 0.2) is 0 Å². The molecule has 2 saturated heterocycles. The zero-order chi connectivity index (χ0) is 6.97. The molecule has 10 heavy (non-hydrogen) atoms. The maximum Gasteiger partial charge on any atom is 0.0127 e. The average molecular weight is 138 g/mol. The lowest BCUT2D eigenvalue weighted by molar-refractivity contribution is 0.251. The fourth-order valence-electron chi connectivity index (χ4n) is 2.29. The molecule has 0 saturated carbocycles. The van der Waals surface area contributed by atoms with Crippen LogP contribution in [0.2, 0.25) is 0 Å². The van der Waals surface area contributed by atoms with Gasteiger partial charge < -0.3 is 4.90 Å². The van der Waals surface area contributed by atoms with E-state index in [0.717, 1.165) is 12.1 Å². The lowest BCUT2D eigenvalue weighted by atomic mass is 10.0. The number of hydrogen-bond donors (Lipinski definition) is 0. The van der Waals surface area contributed by atoms with Crippen LogP contribution >= 0.6 is 0 Å². The summed E-state index contributed by atoms with van der Waals surface area (Å²) in [4.78, 5) is 2.56. The summed E-state index contributed by atoms with van der Waals surface area (Å²) in [6.07, 6.45) is 9.60. The molecule has 2 atom stereocenters. The summed E-state index contributed by atoms with van der Waals surface area (Å²) in [5, 5.41) is 0. The maximum atomic E-state index is 2.56. The van der Waals surface area contributed by atoms with E-state index in [9.17, 15) is 0 Å². The molecule has 0 N–H and O–H groups in total. The SMILES string of the molecule is CN1C2[CH]CC1CCCC2. The topological polar surface area (TPSA) is 3.24 Å². The molecule has 0 aromatic rings. The summed E-state index contributed by atoms with van der Waals surface area (Å²) >= 11 is 0. The van der Waals surface area contributed by atoms with Crippen molar-refractivity contribution in [1.82, 2.24) is 4.90 Å². The Morgan fingerprint density at radius 1 is 1.30 bits per heavy atom. The first kappa shape index (κ1) is 6.66. The van der Waals surface area contributed by atoms with Crippen LogP contribution in [0, 0.1) is 6.42 Å². The Kier molecular flexibility index (Phi) is 1.69. The van der Waals surface area contributed by atoms with Crippen molar-refractivity contribution in [2.24, 2.45) is 0 Å². The van der Waals surface area contributed by atoms with Crippen LogP contribution in [-0.4, -0.2) is 24.0 Å². The molecule has 0 aliphatic carbocycles. The van der Waals surface area contributed by atoms with Crippen molar-refractivity contribution in [2.45, 2.75) is 44.2 Å². The van der Waals surface area contributed by atoms with E-state index < -0.39 is 0 Å². The van der Waals surface area contributed by atoms with E-state index in [2.05, 4.69) is 18.4 Å². The summed E-state index contributed by atoms with van der Waals surface area (Å²) in [6.45, 7) is 0. The second-order valence-corrected chi connectivity index (χ2v) is 3.64. The van der Waals surface area contributed by atoms with Crippen LogP contribution in [0.1, 0.15) is 32.1 Å². The Balaban J connectivity index is 2.07. The van der Waals surface area contributed by atoms with Crippen LogP contribution < -0.4 is 0 Å². The molecular weight excluding hydrogens is 122 g/mol. The Labute approximate surface area is 63.4 Å². The number of rotatable bonds is 0. The van der Waals surface area contributed by atoms with Crippen molar-refractivity contribution < 1.29 is 0 Å². The molecule has 0 aromatic heterocycles. The van der Waals surface area contributed by atoms with E-state index in [1.54, 1.807) is 0 Å². The highest BCUT2D eigenvalue weighted by Gasteiger charge is 2.31. The van der Waals surface area contributed by atoms with Crippen molar-refractivity contribution >= 4 is 0 Å². The molecule has 1 heteroatoms. The fraction of sp³-hybridized carbons (Fsp3) is 0.889. The molecule has 0 spiro atoms. The lowest BCUT2D eigenvalue weighted by Gasteiger charge is -2.21. The molecule has 57 valence electrons. The first-order valence-electron chi connectivity index (χ1n) is 4.43. The van der Waals surface area contributed by atoms with Gasteiger partial charge in [-0.2, -0.15) is 0 Å². The van der Waals surface area contributed by atoms with Crippen LogP contribution in [0.5, 0.6) is 0 Å². The van der Waals surface area contributed by atoms with Crippen molar-refractivity contribution in [3.8, 4) is 0 Å². The molecule has 2 unspecified atom stereocenters. The van der Waals surface area contributed by atoms with Gasteiger partial charge in [0, 0.05) is 12.1 Å². The van der Waals surface area contributed by atoms with E-state index in [4.69, 9.17) is 0 Å². The number of nitrogens with zero attached hydrogens (tertiary/aromatic N) is 1. The second-order valence-electron chi connectivity index (χ2n) is 3.64. The van der Waals surface area contributed by atoms with Crippen molar-refractivity contribution in [3.05, 3.63) is 6.42 Å². The minimum atomic E-state index is 0.826. The number of hydrogen-bond acceptors (Lipinski definition) is 1. The second kappa shape index (κ2) is 2.54. The zero-order valence-corrected chi connectivity index (χ0v) is 6.71. The fourth-order valence-corrected chi connectivity index (χ4v) is 2.29. The molecule has 0 amide bonds. The molecule has 2 aliphatic rings.